The lowest BCUT2D eigenvalue weighted by atomic mass is 9.98. The third kappa shape index (κ3) is 3.33. The second-order valence-corrected chi connectivity index (χ2v) is 8.21. The average molecular weight is 419 g/mol. The monoisotopic (exact) mass is 418 g/mol. The summed E-state index contributed by atoms with van der Waals surface area (Å²) in [5.41, 5.74) is 1.14. The van der Waals surface area contributed by atoms with Crippen LogP contribution < -0.4 is 0 Å². The molecule has 25 heavy (non-hydrogen) atoms. The Labute approximate surface area is 157 Å². The van der Waals surface area contributed by atoms with Crippen LogP contribution in [0.3, 0.4) is 0 Å². The number of hydrogen-bond donors (Lipinski definition) is 0. The number of carbonyl (C=O) groups is 1. The van der Waals surface area contributed by atoms with E-state index in [1.54, 1.807) is 28.4 Å². The number of likely N-dealkylation sites (tertiary alicyclic amines) is 1. The predicted molar refractivity (Wildman–Crippen MR) is 102 cm³/mol. The minimum absolute atomic E-state index is 0.133. The fourth-order valence-electron chi connectivity index (χ4n) is 3.26. The number of para-hydroxylation sites is 1. The Balaban J connectivity index is 1.57. The predicted octanol–water partition coefficient (Wildman–Crippen LogP) is 5.22. The van der Waals surface area contributed by atoms with E-state index in [1.807, 2.05) is 18.2 Å². The zero-order valence-corrected chi connectivity index (χ0v) is 15.8. The van der Waals surface area contributed by atoms with Crippen molar-refractivity contribution in [3.8, 4) is 0 Å². The van der Waals surface area contributed by atoms with E-state index in [9.17, 15) is 9.18 Å². The molecule has 0 spiro atoms. The lowest BCUT2D eigenvalue weighted by Crippen LogP contribution is -2.39. The summed E-state index contributed by atoms with van der Waals surface area (Å²) in [7, 11) is 0. The largest absolute Gasteiger partial charge is 0.338 e. The van der Waals surface area contributed by atoms with Gasteiger partial charge in [0.1, 0.15) is 5.82 Å². The van der Waals surface area contributed by atoms with Gasteiger partial charge in [0.05, 0.1) is 20.8 Å². The molecule has 1 atom stereocenters. The molecule has 0 radical (unpaired) electrons. The molecular weight excluding hydrogens is 403 g/mol. The van der Waals surface area contributed by atoms with E-state index >= 15 is 0 Å². The Morgan fingerprint density at radius 3 is 2.92 bits per heavy atom. The highest BCUT2D eigenvalue weighted by Gasteiger charge is 2.28. The Bertz CT molecular complexity index is 909. The van der Waals surface area contributed by atoms with Crippen LogP contribution in [0.15, 0.2) is 46.9 Å². The van der Waals surface area contributed by atoms with Crippen molar-refractivity contribution >= 4 is 43.4 Å². The smallest absolute Gasteiger partial charge is 0.256 e. The molecule has 0 aliphatic carbocycles. The average Bonchev–Trinajstić information content (AvgIpc) is 3.05. The topological polar surface area (TPSA) is 33.2 Å². The molecule has 4 rings (SSSR count). The number of rotatable bonds is 2. The van der Waals surface area contributed by atoms with E-state index < -0.39 is 5.82 Å². The summed E-state index contributed by atoms with van der Waals surface area (Å²) >= 11 is 4.92. The second-order valence-electron chi connectivity index (χ2n) is 6.23. The first-order valence-electron chi connectivity index (χ1n) is 8.21. The SMILES string of the molecule is O=C(c1ccc(Br)cc1F)N1CCC[C@H](c2nc3ccccc3s2)C1. The summed E-state index contributed by atoms with van der Waals surface area (Å²) < 4.78 is 15.9. The highest BCUT2D eigenvalue weighted by Crippen LogP contribution is 2.33. The Morgan fingerprint density at radius 1 is 1.28 bits per heavy atom. The normalized spacial score (nSPS) is 17.8. The van der Waals surface area contributed by atoms with Gasteiger partial charge in [0.15, 0.2) is 0 Å². The number of hydrogen-bond acceptors (Lipinski definition) is 3. The third-order valence-electron chi connectivity index (χ3n) is 4.53. The van der Waals surface area contributed by atoms with Crippen LogP contribution in [-0.2, 0) is 0 Å². The molecule has 1 aliphatic rings. The van der Waals surface area contributed by atoms with Gasteiger partial charge < -0.3 is 4.90 Å². The first-order chi connectivity index (χ1) is 12.1. The second kappa shape index (κ2) is 6.84. The molecular formula is C19H16BrFN2OS. The molecule has 6 heteroatoms. The summed E-state index contributed by atoms with van der Waals surface area (Å²) in [6.07, 6.45) is 1.91. The Morgan fingerprint density at radius 2 is 2.12 bits per heavy atom. The molecule has 1 aromatic heterocycles. The van der Waals surface area contributed by atoms with Gasteiger partial charge in [-0.25, -0.2) is 9.37 Å². The first kappa shape index (κ1) is 16.7. The van der Waals surface area contributed by atoms with E-state index in [1.165, 1.54) is 10.8 Å². The van der Waals surface area contributed by atoms with Crippen LogP contribution in [0, 0.1) is 5.82 Å². The molecule has 1 amide bonds. The summed E-state index contributed by atoms with van der Waals surface area (Å²) in [5, 5.41) is 1.06. The van der Waals surface area contributed by atoms with Crippen LogP contribution in [-0.4, -0.2) is 28.9 Å². The summed E-state index contributed by atoms with van der Waals surface area (Å²) in [4.78, 5) is 19.2. The van der Waals surface area contributed by atoms with Crippen LogP contribution in [0.1, 0.15) is 34.1 Å². The van der Waals surface area contributed by atoms with Crippen LogP contribution in [0.5, 0.6) is 0 Å². The molecule has 0 bridgehead atoms. The van der Waals surface area contributed by atoms with Crippen molar-refractivity contribution in [2.75, 3.05) is 13.1 Å². The summed E-state index contributed by atoms with van der Waals surface area (Å²) in [6.45, 7) is 1.25. The van der Waals surface area contributed by atoms with Crippen LogP contribution >= 0.6 is 27.3 Å². The molecule has 1 aliphatic heterocycles. The van der Waals surface area contributed by atoms with Crippen molar-refractivity contribution in [3.05, 3.63) is 63.3 Å². The van der Waals surface area contributed by atoms with Gasteiger partial charge in [0, 0.05) is 23.5 Å². The Hall–Kier alpha value is -1.79. The maximum absolute atomic E-state index is 14.1. The molecule has 0 N–H and O–H groups in total. The molecule has 1 fully saturated rings. The van der Waals surface area contributed by atoms with Crippen molar-refractivity contribution in [1.29, 1.82) is 0 Å². The van der Waals surface area contributed by atoms with Crippen molar-refractivity contribution < 1.29 is 9.18 Å². The van der Waals surface area contributed by atoms with Gasteiger partial charge in [0.25, 0.3) is 5.91 Å². The van der Waals surface area contributed by atoms with Crippen LogP contribution in [0.2, 0.25) is 0 Å². The maximum atomic E-state index is 14.1. The highest BCUT2D eigenvalue weighted by atomic mass is 79.9. The highest BCUT2D eigenvalue weighted by molar-refractivity contribution is 9.10. The van der Waals surface area contributed by atoms with Crippen molar-refractivity contribution in [2.24, 2.45) is 0 Å². The quantitative estimate of drug-likeness (QED) is 0.571. The lowest BCUT2D eigenvalue weighted by Gasteiger charge is -2.32. The minimum atomic E-state index is -0.485. The zero-order valence-electron chi connectivity index (χ0n) is 13.4. The zero-order chi connectivity index (χ0) is 17.4. The number of fused-ring (bicyclic) bond motifs is 1. The van der Waals surface area contributed by atoms with E-state index in [0.29, 0.717) is 17.6 Å². The number of nitrogens with zero attached hydrogens (tertiary/aromatic N) is 2. The van der Waals surface area contributed by atoms with Crippen molar-refractivity contribution in [3.63, 3.8) is 0 Å². The van der Waals surface area contributed by atoms with Gasteiger partial charge in [-0.2, -0.15) is 0 Å². The third-order valence-corrected chi connectivity index (χ3v) is 6.22. The summed E-state index contributed by atoms with van der Waals surface area (Å²) in [5.74, 6) is -0.508. The van der Waals surface area contributed by atoms with E-state index in [0.717, 1.165) is 23.4 Å². The Kier molecular flexibility index (Phi) is 4.56. The maximum Gasteiger partial charge on any atom is 0.256 e. The molecule has 0 saturated carbocycles. The molecule has 3 aromatic rings. The molecule has 128 valence electrons. The molecule has 3 nitrogen and oxygen atoms in total. The van der Waals surface area contributed by atoms with Crippen molar-refractivity contribution in [1.82, 2.24) is 9.88 Å². The number of amides is 1. The molecule has 1 saturated heterocycles. The van der Waals surface area contributed by atoms with Gasteiger partial charge in [-0.1, -0.05) is 28.1 Å². The van der Waals surface area contributed by atoms with E-state index in [2.05, 4.69) is 22.0 Å². The number of piperidine rings is 1. The number of benzene rings is 2. The molecule has 0 unspecified atom stereocenters. The lowest BCUT2D eigenvalue weighted by molar-refractivity contribution is 0.0702. The van der Waals surface area contributed by atoms with E-state index in [4.69, 9.17) is 4.98 Å². The van der Waals surface area contributed by atoms with E-state index in [-0.39, 0.29) is 17.4 Å². The fourth-order valence-corrected chi connectivity index (χ4v) is 4.69. The van der Waals surface area contributed by atoms with Crippen LogP contribution in [0.25, 0.3) is 10.2 Å². The van der Waals surface area contributed by atoms with Gasteiger partial charge in [0.2, 0.25) is 0 Å². The van der Waals surface area contributed by atoms with Gasteiger partial charge in [-0.05, 0) is 43.2 Å². The van der Waals surface area contributed by atoms with Gasteiger partial charge in [-0.15, -0.1) is 11.3 Å². The number of aromatic nitrogens is 1. The fraction of sp³-hybridized carbons (Fsp3) is 0.263. The van der Waals surface area contributed by atoms with Crippen molar-refractivity contribution in [2.45, 2.75) is 18.8 Å². The minimum Gasteiger partial charge on any atom is -0.338 e. The number of carbonyl (C=O) groups excluding carboxylic acids is 1. The van der Waals surface area contributed by atoms with Crippen LogP contribution in [0.4, 0.5) is 4.39 Å². The van der Waals surface area contributed by atoms with Gasteiger partial charge >= 0.3 is 0 Å². The first-order valence-corrected chi connectivity index (χ1v) is 9.82. The molecule has 2 heterocycles. The number of halogens is 2. The number of thiazole rings is 1. The molecule has 2 aromatic carbocycles. The standard InChI is InChI=1S/C19H16BrFN2OS/c20-13-7-8-14(15(21)10-13)19(24)23-9-3-4-12(11-23)18-22-16-5-1-2-6-17(16)25-18/h1-2,5-8,10,12H,3-4,9,11H2/t12-/m0/s1. The summed E-state index contributed by atoms with van der Waals surface area (Å²) in [6, 6.07) is 12.7. The van der Waals surface area contributed by atoms with Gasteiger partial charge in [-0.3, -0.25) is 4.79 Å².